The summed E-state index contributed by atoms with van der Waals surface area (Å²) < 4.78 is 1.31. The van der Waals surface area contributed by atoms with Crippen molar-refractivity contribution in [3.8, 4) is 0 Å². The number of nitro benzene ring substituents is 2. The molecule has 0 aliphatic rings. The number of alkyl halides is 1. The third-order valence-corrected chi connectivity index (χ3v) is 14.1. The fraction of sp³-hybridized carbons (Fsp3) is 0.313. The van der Waals surface area contributed by atoms with Crippen LogP contribution in [0.25, 0.3) is 0 Å². The van der Waals surface area contributed by atoms with Gasteiger partial charge in [0.2, 0.25) is 23.6 Å². The highest BCUT2D eigenvalue weighted by Gasteiger charge is 2.18. The first-order chi connectivity index (χ1) is 42.6. The number of halogens is 1. The number of nitro groups is 2. The quantitative estimate of drug-likeness (QED) is 0.00831. The molecule has 0 radical (unpaired) electrons. The van der Waals surface area contributed by atoms with E-state index in [1.165, 1.54) is 71.3 Å². The SMILES string of the molecule is CC(=O)N(C)c1ccccc1N.CC(=O)N(C)c1ccccc1NCCCNc1ccccc1N(C)C(C)=O.CC(=O)N(C)c1ccccc1[N+](=O)[O-].CCCCI.CNc1ccccc1NCCCNc1ccccc1C.CNc1ccccc1[N+](=O)[O-]. The van der Waals surface area contributed by atoms with Crippen molar-refractivity contribution < 1.29 is 29.0 Å². The lowest BCUT2D eigenvalue weighted by molar-refractivity contribution is -0.384. The topological polar surface area (TPSA) is 266 Å². The molecule has 8 N–H and O–H groups in total. The largest absolute Gasteiger partial charge is 0.397 e. The van der Waals surface area contributed by atoms with E-state index in [0.717, 1.165) is 78.8 Å². The highest BCUT2D eigenvalue weighted by Crippen LogP contribution is 2.29. The summed E-state index contributed by atoms with van der Waals surface area (Å²) in [6, 6.07) is 52.1. The van der Waals surface area contributed by atoms with E-state index in [1.807, 2.05) is 79.8 Å². The molecule has 0 unspecified atom stereocenters. The average molecular weight is 1330 g/mol. The van der Waals surface area contributed by atoms with Crippen molar-refractivity contribution in [1.82, 2.24) is 0 Å². The van der Waals surface area contributed by atoms with Crippen LogP contribution in [0.3, 0.4) is 0 Å². The molecule has 22 heteroatoms. The molecule has 7 aromatic rings. The number of nitrogens with two attached hydrogens (primary N) is 1. The number of rotatable bonds is 22. The van der Waals surface area contributed by atoms with Gasteiger partial charge in [0, 0.05) is 114 Å². The summed E-state index contributed by atoms with van der Waals surface area (Å²) in [6.45, 7) is 13.8. The molecule has 0 aromatic heterocycles. The van der Waals surface area contributed by atoms with Crippen molar-refractivity contribution in [2.75, 3.05) is 130 Å². The zero-order valence-electron chi connectivity index (χ0n) is 53.4. The number of para-hydroxylation sites is 13. The molecule has 478 valence electrons. The highest BCUT2D eigenvalue weighted by atomic mass is 127. The molecule has 21 nitrogen and oxygen atoms in total. The lowest BCUT2D eigenvalue weighted by atomic mass is 10.2. The predicted molar refractivity (Wildman–Crippen MR) is 380 cm³/mol. The summed E-state index contributed by atoms with van der Waals surface area (Å²) in [5.41, 5.74) is 16.4. The van der Waals surface area contributed by atoms with E-state index in [2.05, 4.69) is 111 Å². The minimum Gasteiger partial charge on any atom is -0.397 e. The van der Waals surface area contributed by atoms with Crippen LogP contribution in [0.15, 0.2) is 170 Å². The molecule has 89 heavy (non-hydrogen) atoms. The van der Waals surface area contributed by atoms with Crippen LogP contribution in [-0.2, 0) is 19.2 Å². The molecule has 0 saturated heterocycles. The standard InChI is InChI=1S/C21H28N4O2.C17H23N3.C9H10N2O3.C9H12N2O.C7H8N2O2.C4H9I/c1-16(26)24(3)20-12-7-5-10-18(20)22-14-9-15-23-19-11-6-8-13-21(19)25(4)17(2)27;1-14-8-3-4-9-15(14)19-12-7-13-20-17-11-6-5-10-16(17)18-2;1-7(12)10(2)8-5-3-4-6-9(8)11(13)14;1-7(12)11(2)9-6-4-3-5-8(9)10;1-8-6-4-2-3-5-7(6)9(10)11;1-2-3-4-5/h5-8,10-13,22-23H,9,14-15H2,1-4H3;3-6,8-11,18-20H,7,12-13H2,1-2H3;3-6H,1-2H3;3-6H,10H2,1-2H3;2-5,8H,1H3;2-4H2,1H3. The smallest absolute Gasteiger partial charge is 0.292 e. The number of amides is 4. The third kappa shape index (κ3) is 27.4. The van der Waals surface area contributed by atoms with Gasteiger partial charge in [-0.3, -0.25) is 39.4 Å². The molecule has 0 spiro atoms. The summed E-state index contributed by atoms with van der Waals surface area (Å²) >= 11 is 2.39. The maximum atomic E-state index is 11.6. The molecule has 0 fully saturated rings. The number of aryl methyl sites for hydroxylation is 1. The Morgan fingerprint density at radius 1 is 0.427 bits per heavy atom. The van der Waals surface area contributed by atoms with Crippen molar-refractivity contribution in [2.24, 2.45) is 0 Å². The number of carbonyl (C=O) groups is 4. The minimum absolute atomic E-state index is 0.00267. The number of benzene rings is 7. The second kappa shape index (κ2) is 42.4. The zero-order valence-corrected chi connectivity index (χ0v) is 55.6. The van der Waals surface area contributed by atoms with Gasteiger partial charge >= 0.3 is 0 Å². The van der Waals surface area contributed by atoms with E-state index in [4.69, 9.17) is 5.73 Å². The van der Waals surface area contributed by atoms with Crippen LogP contribution < -0.4 is 57.2 Å². The minimum atomic E-state index is -0.505. The van der Waals surface area contributed by atoms with Crippen molar-refractivity contribution in [3.05, 3.63) is 196 Å². The number of carbonyl (C=O) groups excluding carboxylic acids is 4. The Kier molecular flexibility index (Phi) is 36.0. The van der Waals surface area contributed by atoms with Crippen LogP contribution in [0.5, 0.6) is 0 Å². The Labute approximate surface area is 539 Å². The van der Waals surface area contributed by atoms with Crippen molar-refractivity contribution in [1.29, 1.82) is 0 Å². The first-order valence-electron chi connectivity index (χ1n) is 29.0. The molecular formula is C67H90IN13O8. The number of hydrogen-bond donors (Lipinski definition) is 7. The van der Waals surface area contributed by atoms with E-state index in [9.17, 15) is 39.4 Å². The number of nitrogen functional groups attached to an aromatic ring is 1. The summed E-state index contributed by atoms with van der Waals surface area (Å²) in [5, 5.41) is 40.6. The highest BCUT2D eigenvalue weighted by molar-refractivity contribution is 14.1. The molecule has 4 amide bonds. The normalized spacial score (nSPS) is 9.76. The van der Waals surface area contributed by atoms with Crippen LogP contribution >= 0.6 is 22.6 Å². The Morgan fingerprint density at radius 2 is 0.742 bits per heavy atom. The number of nitrogens with zero attached hydrogens (tertiary/aromatic N) is 6. The molecule has 0 saturated carbocycles. The zero-order chi connectivity index (χ0) is 66.3. The van der Waals surface area contributed by atoms with Gasteiger partial charge in [-0.25, -0.2) is 0 Å². The third-order valence-electron chi connectivity index (χ3n) is 13.3. The van der Waals surface area contributed by atoms with Crippen LogP contribution in [0.1, 0.15) is 65.9 Å². The van der Waals surface area contributed by atoms with Crippen molar-refractivity contribution in [2.45, 2.75) is 67.2 Å². The fourth-order valence-electron chi connectivity index (χ4n) is 7.88. The van der Waals surface area contributed by atoms with Gasteiger partial charge in [-0.1, -0.05) is 127 Å². The molecule has 0 bridgehead atoms. The van der Waals surface area contributed by atoms with Crippen LogP contribution in [0.4, 0.5) is 73.9 Å². The molecule has 0 aliphatic heterocycles. The monoisotopic (exact) mass is 1330 g/mol. The Bertz CT molecular complexity index is 3230. The van der Waals surface area contributed by atoms with E-state index >= 15 is 0 Å². The van der Waals surface area contributed by atoms with Gasteiger partial charge < -0.3 is 57.2 Å². The molecule has 7 aromatic carbocycles. The summed E-state index contributed by atoms with van der Waals surface area (Å²) in [5.74, 6) is -0.263. The van der Waals surface area contributed by atoms with E-state index in [-0.39, 0.29) is 35.0 Å². The van der Waals surface area contributed by atoms with Crippen LogP contribution in [0.2, 0.25) is 0 Å². The van der Waals surface area contributed by atoms with Gasteiger partial charge in [0.25, 0.3) is 11.4 Å². The van der Waals surface area contributed by atoms with Gasteiger partial charge in [0.1, 0.15) is 11.4 Å². The Morgan fingerprint density at radius 3 is 1.12 bits per heavy atom. The lowest BCUT2D eigenvalue weighted by Gasteiger charge is -2.21. The van der Waals surface area contributed by atoms with E-state index in [0.29, 0.717) is 17.1 Å². The number of hydrogen-bond acceptors (Lipinski definition) is 15. The Hall–Kier alpha value is -9.45. The van der Waals surface area contributed by atoms with Crippen molar-refractivity contribution in [3.63, 3.8) is 0 Å². The summed E-state index contributed by atoms with van der Waals surface area (Å²) in [6.07, 6.45) is 4.67. The van der Waals surface area contributed by atoms with Crippen LogP contribution in [-0.4, -0.2) is 106 Å². The van der Waals surface area contributed by atoms with Gasteiger partial charge in [0.05, 0.1) is 55.3 Å². The molecule has 0 aliphatic carbocycles. The predicted octanol–water partition coefficient (Wildman–Crippen LogP) is 14.2. The molecule has 0 atom stereocenters. The number of anilines is 11. The lowest BCUT2D eigenvalue weighted by Crippen LogP contribution is -2.24. The van der Waals surface area contributed by atoms with Gasteiger partial charge in [-0.2, -0.15) is 0 Å². The first-order valence-corrected chi connectivity index (χ1v) is 30.6. The second-order valence-corrected chi connectivity index (χ2v) is 20.8. The maximum Gasteiger partial charge on any atom is 0.292 e. The molecular weight excluding hydrogens is 1240 g/mol. The van der Waals surface area contributed by atoms with Crippen molar-refractivity contribution >= 4 is 120 Å². The van der Waals surface area contributed by atoms with E-state index in [1.54, 1.807) is 94.3 Å². The molecule has 0 heterocycles. The maximum absolute atomic E-state index is 11.6. The molecule has 7 rings (SSSR count). The number of unbranched alkanes of at least 4 members (excludes halogenated alkanes) is 1. The van der Waals surface area contributed by atoms with Gasteiger partial charge in [-0.15, -0.1) is 0 Å². The second-order valence-electron chi connectivity index (χ2n) is 19.7. The van der Waals surface area contributed by atoms with Crippen LogP contribution in [0, 0.1) is 27.2 Å². The number of nitrogens with one attached hydrogen (secondary N) is 6. The summed E-state index contributed by atoms with van der Waals surface area (Å²) in [4.78, 5) is 71.3. The van der Waals surface area contributed by atoms with Gasteiger partial charge in [0.15, 0.2) is 0 Å². The summed E-state index contributed by atoms with van der Waals surface area (Å²) in [7, 11) is 10.3. The fourth-order valence-corrected chi connectivity index (χ4v) is 8.64. The average Bonchev–Trinajstić information content (AvgIpc) is 3.38. The van der Waals surface area contributed by atoms with Gasteiger partial charge in [-0.05, 0) is 103 Å². The Balaban J connectivity index is 0.000000386. The van der Waals surface area contributed by atoms with E-state index < -0.39 is 9.85 Å². The first kappa shape index (κ1) is 75.6.